The monoisotopic (exact) mass is 427 g/mol. The molecule has 0 atom stereocenters. The number of aromatic amines is 1. The van der Waals surface area contributed by atoms with Crippen molar-refractivity contribution in [2.24, 2.45) is 0 Å². The standard InChI is InChI=1S/C19H17N5O3S2/c1-26-12-5-3-11(4-6-12)17-22-23-19(28)24(17)10-16(25)21-18-20-14-8-7-13(27-2)9-15(14)29-18/h3-9H,10H2,1-2H3,(H,23,28)(H,20,21,25). The van der Waals surface area contributed by atoms with Crippen molar-refractivity contribution >= 4 is 44.8 Å². The van der Waals surface area contributed by atoms with Crippen molar-refractivity contribution < 1.29 is 14.3 Å². The van der Waals surface area contributed by atoms with Crippen LogP contribution in [0.3, 0.4) is 0 Å². The van der Waals surface area contributed by atoms with Crippen molar-refractivity contribution in [1.82, 2.24) is 19.7 Å². The van der Waals surface area contributed by atoms with Gasteiger partial charge in [0, 0.05) is 5.56 Å². The maximum atomic E-state index is 12.6. The van der Waals surface area contributed by atoms with Crippen molar-refractivity contribution in [2.45, 2.75) is 6.54 Å². The fourth-order valence-electron chi connectivity index (χ4n) is 2.81. The molecule has 2 aromatic carbocycles. The van der Waals surface area contributed by atoms with Gasteiger partial charge in [0.1, 0.15) is 18.0 Å². The van der Waals surface area contributed by atoms with Gasteiger partial charge in [-0.05, 0) is 54.7 Å². The fourth-order valence-corrected chi connectivity index (χ4v) is 3.92. The zero-order chi connectivity index (χ0) is 20.4. The summed E-state index contributed by atoms with van der Waals surface area (Å²) >= 11 is 6.68. The van der Waals surface area contributed by atoms with E-state index in [1.807, 2.05) is 42.5 Å². The fraction of sp³-hybridized carbons (Fsp3) is 0.158. The third-order valence-electron chi connectivity index (χ3n) is 4.25. The summed E-state index contributed by atoms with van der Waals surface area (Å²) in [5, 5.41) is 10.3. The van der Waals surface area contributed by atoms with Crippen LogP contribution < -0.4 is 14.8 Å². The lowest BCUT2D eigenvalue weighted by atomic mass is 10.2. The predicted molar refractivity (Wildman–Crippen MR) is 114 cm³/mol. The van der Waals surface area contributed by atoms with E-state index in [-0.39, 0.29) is 12.5 Å². The lowest BCUT2D eigenvalue weighted by Crippen LogP contribution is -2.19. The van der Waals surface area contributed by atoms with Crippen molar-refractivity contribution in [3.8, 4) is 22.9 Å². The molecule has 0 bridgehead atoms. The van der Waals surface area contributed by atoms with Crippen molar-refractivity contribution in [2.75, 3.05) is 19.5 Å². The molecule has 0 aliphatic carbocycles. The highest BCUT2D eigenvalue weighted by Gasteiger charge is 2.14. The number of ether oxygens (including phenoxy) is 2. The third-order valence-corrected chi connectivity index (χ3v) is 5.50. The van der Waals surface area contributed by atoms with Gasteiger partial charge in [-0.1, -0.05) is 11.3 Å². The van der Waals surface area contributed by atoms with E-state index in [0.29, 0.717) is 15.7 Å². The molecule has 29 heavy (non-hydrogen) atoms. The van der Waals surface area contributed by atoms with E-state index in [4.69, 9.17) is 21.7 Å². The minimum atomic E-state index is -0.247. The van der Waals surface area contributed by atoms with E-state index in [1.165, 1.54) is 11.3 Å². The first-order valence-electron chi connectivity index (χ1n) is 8.61. The number of rotatable bonds is 6. The number of nitrogens with zero attached hydrogens (tertiary/aromatic N) is 3. The molecule has 0 fully saturated rings. The number of benzene rings is 2. The van der Waals surface area contributed by atoms with E-state index in [0.717, 1.165) is 27.3 Å². The Bertz CT molecular complexity index is 1230. The minimum absolute atomic E-state index is 0.00986. The second-order valence-corrected chi connectivity index (χ2v) is 7.49. The number of hydrogen-bond acceptors (Lipinski definition) is 7. The molecule has 2 aromatic heterocycles. The summed E-state index contributed by atoms with van der Waals surface area (Å²) in [6.07, 6.45) is 0. The largest absolute Gasteiger partial charge is 0.497 e. The quantitative estimate of drug-likeness (QED) is 0.454. The number of nitrogens with one attached hydrogen (secondary N) is 2. The zero-order valence-corrected chi connectivity index (χ0v) is 17.3. The second kappa shape index (κ2) is 8.02. The first-order chi connectivity index (χ1) is 14.1. The molecule has 10 heteroatoms. The van der Waals surface area contributed by atoms with Gasteiger partial charge < -0.3 is 14.8 Å². The summed E-state index contributed by atoms with van der Waals surface area (Å²) in [6, 6.07) is 12.9. The van der Waals surface area contributed by atoms with Crippen LogP contribution >= 0.6 is 23.6 Å². The highest BCUT2D eigenvalue weighted by atomic mass is 32.1. The molecular formula is C19H17N5O3S2. The molecule has 0 saturated carbocycles. The van der Waals surface area contributed by atoms with Crippen molar-refractivity contribution in [3.63, 3.8) is 0 Å². The van der Waals surface area contributed by atoms with Gasteiger partial charge in [0.25, 0.3) is 0 Å². The number of carbonyl (C=O) groups is 1. The van der Waals surface area contributed by atoms with E-state index in [2.05, 4.69) is 20.5 Å². The Kier molecular flexibility index (Phi) is 5.28. The van der Waals surface area contributed by atoms with Gasteiger partial charge in [-0.15, -0.1) is 0 Å². The van der Waals surface area contributed by atoms with Gasteiger partial charge in [-0.3, -0.25) is 14.5 Å². The molecule has 0 aliphatic heterocycles. The molecule has 148 valence electrons. The topological polar surface area (TPSA) is 94.1 Å². The van der Waals surface area contributed by atoms with Gasteiger partial charge in [-0.25, -0.2) is 4.98 Å². The molecule has 1 amide bonds. The Morgan fingerprint density at radius 3 is 2.62 bits per heavy atom. The number of anilines is 1. The molecule has 2 N–H and O–H groups in total. The minimum Gasteiger partial charge on any atom is -0.497 e. The van der Waals surface area contributed by atoms with Gasteiger partial charge in [-0.2, -0.15) is 5.10 Å². The summed E-state index contributed by atoms with van der Waals surface area (Å²) in [6.45, 7) is 0.00986. The maximum absolute atomic E-state index is 12.6. The Balaban J connectivity index is 1.54. The summed E-state index contributed by atoms with van der Waals surface area (Å²) in [7, 11) is 3.22. The molecule has 2 heterocycles. The molecule has 4 aromatic rings. The van der Waals surface area contributed by atoms with Crippen molar-refractivity contribution in [1.29, 1.82) is 0 Å². The zero-order valence-electron chi connectivity index (χ0n) is 15.6. The van der Waals surface area contributed by atoms with Crippen LogP contribution in [0.2, 0.25) is 0 Å². The second-order valence-electron chi connectivity index (χ2n) is 6.07. The average Bonchev–Trinajstić information content (AvgIpc) is 3.30. The number of thiazole rings is 1. The summed E-state index contributed by atoms with van der Waals surface area (Å²) in [5.41, 5.74) is 1.61. The lowest BCUT2D eigenvalue weighted by Gasteiger charge is -2.07. The lowest BCUT2D eigenvalue weighted by molar-refractivity contribution is -0.116. The van der Waals surface area contributed by atoms with Crippen LogP contribution in [-0.4, -0.2) is 39.9 Å². The molecule has 0 saturated heterocycles. The van der Waals surface area contributed by atoms with Crippen LogP contribution in [0, 0.1) is 4.77 Å². The Morgan fingerprint density at radius 2 is 1.90 bits per heavy atom. The van der Waals surface area contributed by atoms with Gasteiger partial charge in [0.05, 0.1) is 24.4 Å². The Morgan fingerprint density at radius 1 is 1.17 bits per heavy atom. The number of carbonyl (C=O) groups excluding carboxylic acids is 1. The smallest absolute Gasteiger partial charge is 0.246 e. The highest BCUT2D eigenvalue weighted by Crippen LogP contribution is 2.29. The number of hydrogen-bond donors (Lipinski definition) is 2. The van der Waals surface area contributed by atoms with Crippen LogP contribution in [0.15, 0.2) is 42.5 Å². The molecular weight excluding hydrogens is 410 g/mol. The van der Waals surface area contributed by atoms with Crippen LogP contribution in [0.25, 0.3) is 21.6 Å². The molecule has 0 spiro atoms. The van der Waals surface area contributed by atoms with Crippen LogP contribution in [0.1, 0.15) is 0 Å². The number of methoxy groups -OCH3 is 2. The number of amides is 1. The van der Waals surface area contributed by atoms with Gasteiger partial charge >= 0.3 is 0 Å². The molecule has 4 rings (SSSR count). The van der Waals surface area contributed by atoms with E-state index in [1.54, 1.807) is 18.8 Å². The van der Waals surface area contributed by atoms with Gasteiger partial charge in [0.2, 0.25) is 5.91 Å². The van der Waals surface area contributed by atoms with E-state index >= 15 is 0 Å². The van der Waals surface area contributed by atoms with Crippen LogP contribution in [-0.2, 0) is 11.3 Å². The van der Waals surface area contributed by atoms with E-state index < -0.39 is 0 Å². The predicted octanol–water partition coefficient (Wildman–Crippen LogP) is 3.87. The molecule has 8 nitrogen and oxygen atoms in total. The van der Waals surface area contributed by atoms with Crippen molar-refractivity contribution in [3.05, 3.63) is 47.2 Å². The first-order valence-corrected chi connectivity index (χ1v) is 9.84. The SMILES string of the molecule is COc1ccc(-c2n[nH]c(=S)n2CC(=O)Nc2nc3ccc(OC)cc3s2)cc1. The Hall–Kier alpha value is -3.24. The number of H-pyrrole nitrogens is 1. The molecule has 0 radical (unpaired) electrons. The normalized spacial score (nSPS) is 10.8. The van der Waals surface area contributed by atoms with Crippen LogP contribution in [0.5, 0.6) is 11.5 Å². The molecule has 0 aliphatic rings. The maximum Gasteiger partial charge on any atom is 0.246 e. The summed E-state index contributed by atoms with van der Waals surface area (Å²) in [4.78, 5) is 17.1. The number of aromatic nitrogens is 4. The third kappa shape index (κ3) is 3.98. The summed E-state index contributed by atoms with van der Waals surface area (Å²) in [5.74, 6) is 1.80. The highest BCUT2D eigenvalue weighted by molar-refractivity contribution is 7.71. The summed E-state index contributed by atoms with van der Waals surface area (Å²) < 4.78 is 13.3. The average molecular weight is 428 g/mol. The van der Waals surface area contributed by atoms with Gasteiger partial charge in [0.15, 0.2) is 15.7 Å². The van der Waals surface area contributed by atoms with E-state index in [9.17, 15) is 4.79 Å². The first kappa shape index (κ1) is 19.1. The molecule has 0 unspecified atom stereocenters. The Labute approximate surface area is 175 Å². The van der Waals surface area contributed by atoms with Crippen LogP contribution in [0.4, 0.5) is 5.13 Å². The number of fused-ring (bicyclic) bond motifs is 1.